The van der Waals surface area contributed by atoms with Gasteiger partial charge in [0.2, 0.25) is 0 Å². The number of hydrogen-bond donors (Lipinski definition) is 1. The highest BCUT2D eigenvalue weighted by Crippen LogP contribution is 2.27. The summed E-state index contributed by atoms with van der Waals surface area (Å²) in [6.45, 7) is 12.2. The van der Waals surface area contributed by atoms with E-state index in [4.69, 9.17) is 10.7 Å². The van der Waals surface area contributed by atoms with Gasteiger partial charge < -0.3 is 10.1 Å². The number of nitrogen functional groups attached to an aromatic ring is 1. The summed E-state index contributed by atoms with van der Waals surface area (Å²) in [4.78, 5) is 7.21. The SMILES string of the molecule is C=CCN(CC=C)Cc1c(-c2ccc(N)cc2)nc2c(C)cccn12. The van der Waals surface area contributed by atoms with Gasteiger partial charge in [-0.25, -0.2) is 4.98 Å². The van der Waals surface area contributed by atoms with Crippen LogP contribution in [0.15, 0.2) is 67.9 Å². The van der Waals surface area contributed by atoms with Crippen LogP contribution in [0.5, 0.6) is 0 Å². The third kappa shape index (κ3) is 3.49. The number of hydrogen-bond acceptors (Lipinski definition) is 3. The van der Waals surface area contributed by atoms with E-state index in [2.05, 4.69) is 47.7 Å². The van der Waals surface area contributed by atoms with Crippen molar-refractivity contribution in [2.45, 2.75) is 13.5 Å². The molecule has 128 valence electrons. The molecule has 0 atom stereocenters. The van der Waals surface area contributed by atoms with Crippen LogP contribution in [0.3, 0.4) is 0 Å². The Morgan fingerprint density at radius 1 is 1.12 bits per heavy atom. The normalized spacial score (nSPS) is 11.1. The van der Waals surface area contributed by atoms with Gasteiger partial charge in [-0.1, -0.05) is 30.4 Å². The zero-order valence-corrected chi connectivity index (χ0v) is 14.7. The van der Waals surface area contributed by atoms with Crippen LogP contribution in [0.2, 0.25) is 0 Å². The van der Waals surface area contributed by atoms with E-state index in [1.54, 1.807) is 0 Å². The number of nitrogens with zero attached hydrogens (tertiary/aromatic N) is 3. The van der Waals surface area contributed by atoms with Gasteiger partial charge in [-0.3, -0.25) is 4.90 Å². The van der Waals surface area contributed by atoms with Crippen molar-refractivity contribution in [1.29, 1.82) is 0 Å². The summed E-state index contributed by atoms with van der Waals surface area (Å²) < 4.78 is 2.18. The Bertz CT molecular complexity index is 880. The summed E-state index contributed by atoms with van der Waals surface area (Å²) in [6, 6.07) is 12.0. The first kappa shape index (κ1) is 17.0. The Labute approximate surface area is 148 Å². The molecule has 0 aliphatic carbocycles. The third-order valence-electron chi connectivity index (χ3n) is 4.28. The second-order valence-corrected chi connectivity index (χ2v) is 6.19. The van der Waals surface area contributed by atoms with E-state index in [-0.39, 0.29) is 0 Å². The van der Waals surface area contributed by atoms with Gasteiger partial charge in [-0.05, 0) is 30.7 Å². The van der Waals surface area contributed by atoms with Crippen LogP contribution in [-0.2, 0) is 6.54 Å². The Morgan fingerprint density at radius 3 is 2.44 bits per heavy atom. The van der Waals surface area contributed by atoms with Gasteiger partial charge in [0, 0.05) is 37.1 Å². The summed E-state index contributed by atoms with van der Waals surface area (Å²) in [5, 5.41) is 0. The maximum Gasteiger partial charge on any atom is 0.140 e. The number of nitrogens with two attached hydrogens (primary N) is 1. The standard InChI is InChI=1S/C21H24N4/c1-4-12-24(13-5-2)15-19-20(17-8-10-18(22)11-9-17)23-21-16(3)7-6-14-25(19)21/h4-11,14H,1-2,12-13,15,22H2,3H3. The summed E-state index contributed by atoms with van der Waals surface area (Å²) in [6.07, 6.45) is 5.91. The number of benzene rings is 1. The average molecular weight is 332 g/mol. The maximum absolute atomic E-state index is 5.85. The van der Waals surface area contributed by atoms with Crippen molar-refractivity contribution in [3.8, 4) is 11.3 Å². The van der Waals surface area contributed by atoms with Crippen molar-refractivity contribution in [3.05, 3.63) is 79.2 Å². The molecule has 0 saturated carbocycles. The van der Waals surface area contributed by atoms with Crippen LogP contribution in [0.25, 0.3) is 16.9 Å². The van der Waals surface area contributed by atoms with Gasteiger partial charge >= 0.3 is 0 Å². The Kier molecular flexibility index (Phi) is 5.00. The minimum atomic E-state index is 0.755. The summed E-state index contributed by atoms with van der Waals surface area (Å²) in [5.74, 6) is 0. The highest BCUT2D eigenvalue weighted by Gasteiger charge is 2.17. The molecule has 0 saturated heterocycles. The summed E-state index contributed by atoms with van der Waals surface area (Å²) in [5.41, 5.74) is 12.0. The first-order chi connectivity index (χ1) is 12.1. The first-order valence-electron chi connectivity index (χ1n) is 8.40. The molecule has 0 spiro atoms. The van der Waals surface area contributed by atoms with Gasteiger partial charge in [0.15, 0.2) is 0 Å². The molecule has 0 unspecified atom stereocenters. The van der Waals surface area contributed by atoms with Crippen LogP contribution >= 0.6 is 0 Å². The molecular weight excluding hydrogens is 308 g/mol. The van der Waals surface area contributed by atoms with E-state index in [0.717, 1.165) is 53.5 Å². The lowest BCUT2D eigenvalue weighted by molar-refractivity contribution is 0.323. The van der Waals surface area contributed by atoms with Crippen molar-refractivity contribution in [3.63, 3.8) is 0 Å². The smallest absolute Gasteiger partial charge is 0.140 e. The highest BCUT2D eigenvalue weighted by molar-refractivity contribution is 5.69. The topological polar surface area (TPSA) is 46.6 Å². The van der Waals surface area contributed by atoms with Crippen molar-refractivity contribution in [2.75, 3.05) is 18.8 Å². The quantitative estimate of drug-likeness (QED) is 0.524. The van der Waals surface area contributed by atoms with E-state index in [1.165, 1.54) is 0 Å². The molecule has 0 aliphatic heterocycles. The molecule has 2 heterocycles. The second-order valence-electron chi connectivity index (χ2n) is 6.19. The third-order valence-corrected chi connectivity index (χ3v) is 4.28. The Balaban J connectivity index is 2.14. The molecule has 0 amide bonds. The number of pyridine rings is 1. The summed E-state index contributed by atoms with van der Waals surface area (Å²) in [7, 11) is 0. The zero-order valence-electron chi connectivity index (χ0n) is 14.7. The van der Waals surface area contributed by atoms with E-state index in [1.807, 2.05) is 36.4 Å². The van der Waals surface area contributed by atoms with Crippen molar-refractivity contribution >= 4 is 11.3 Å². The molecule has 4 nitrogen and oxygen atoms in total. The number of aryl methyl sites for hydroxylation is 1. The van der Waals surface area contributed by atoms with E-state index >= 15 is 0 Å². The predicted molar refractivity (Wildman–Crippen MR) is 105 cm³/mol. The maximum atomic E-state index is 5.85. The second kappa shape index (κ2) is 7.36. The van der Waals surface area contributed by atoms with Crippen LogP contribution in [0, 0.1) is 6.92 Å². The van der Waals surface area contributed by atoms with Crippen LogP contribution in [0.1, 0.15) is 11.3 Å². The molecule has 3 aromatic rings. The molecule has 0 bridgehead atoms. The van der Waals surface area contributed by atoms with Crippen molar-refractivity contribution in [1.82, 2.24) is 14.3 Å². The summed E-state index contributed by atoms with van der Waals surface area (Å²) >= 11 is 0. The van der Waals surface area contributed by atoms with E-state index < -0.39 is 0 Å². The lowest BCUT2D eigenvalue weighted by Crippen LogP contribution is -2.24. The molecule has 0 fully saturated rings. The minimum absolute atomic E-state index is 0.755. The van der Waals surface area contributed by atoms with Gasteiger partial charge in [0.25, 0.3) is 0 Å². The van der Waals surface area contributed by atoms with Gasteiger partial charge in [-0.2, -0.15) is 0 Å². The van der Waals surface area contributed by atoms with Crippen LogP contribution in [0.4, 0.5) is 5.69 Å². The fourth-order valence-electron chi connectivity index (χ4n) is 3.06. The van der Waals surface area contributed by atoms with Crippen molar-refractivity contribution in [2.24, 2.45) is 0 Å². The Morgan fingerprint density at radius 2 is 1.80 bits per heavy atom. The van der Waals surface area contributed by atoms with E-state index in [0.29, 0.717) is 0 Å². The monoisotopic (exact) mass is 332 g/mol. The molecule has 0 radical (unpaired) electrons. The minimum Gasteiger partial charge on any atom is -0.399 e. The first-order valence-corrected chi connectivity index (χ1v) is 8.40. The highest BCUT2D eigenvalue weighted by atomic mass is 15.1. The molecule has 25 heavy (non-hydrogen) atoms. The van der Waals surface area contributed by atoms with Crippen molar-refractivity contribution < 1.29 is 0 Å². The zero-order chi connectivity index (χ0) is 17.8. The fraction of sp³-hybridized carbons (Fsp3) is 0.190. The van der Waals surface area contributed by atoms with Gasteiger partial charge in [0.1, 0.15) is 5.65 Å². The lowest BCUT2D eigenvalue weighted by atomic mass is 10.1. The van der Waals surface area contributed by atoms with Gasteiger partial charge in [-0.15, -0.1) is 13.2 Å². The molecule has 1 aromatic carbocycles. The number of anilines is 1. The molecule has 4 heteroatoms. The largest absolute Gasteiger partial charge is 0.399 e. The molecule has 2 aromatic heterocycles. The molecule has 3 rings (SSSR count). The molecular formula is C21H24N4. The van der Waals surface area contributed by atoms with Gasteiger partial charge in [0.05, 0.1) is 11.4 Å². The van der Waals surface area contributed by atoms with E-state index in [9.17, 15) is 0 Å². The van der Waals surface area contributed by atoms with Crippen LogP contribution < -0.4 is 5.73 Å². The fourth-order valence-corrected chi connectivity index (χ4v) is 3.06. The predicted octanol–water partition coefficient (Wildman–Crippen LogP) is 4.07. The number of aromatic nitrogens is 2. The number of fused-ring (bicyclic) bond motifs is 1. The molecule has 0 aliphatic rings. The molecule has 2 N–H and O–H groups in total. The Hall–Kier alpha value is -2.85. The lowest BCUT2D eigenvalue weighted by Gasteiger charge is -2.19. The number of imidazole rings is 1. The average Bonchev–Trinajstić information content (AvgIpc) is 2.96. The number of rotatable bonds is 7. The van der Waals surface area contributed by atoms with Crippen LogP contribution in [-0.4, -0.2) is 27.4 Å².